The number of epoxide rings is 1. The minimum absolute atomic E-state index is 0.634. The Morgan fingerprint density at radius 3 is 1.44 bits per heavy atom. The van der Waals surface area contributed by atoms with Crippen LogP contribution in [-0.4, -0.2) is 12.2 Å². The van der Waals surface area contributed by atoms with Crippen molar-refractivity contribution >= 4 is 0 Å². The molecule has 0 aromatic rings. The monoisotopic (exact) mass is 126 g/mol. The molecule has 0 spiro atoms. The Morgan fingerprint density at radius 1 is 0.778 bits per heavy atom. The molecule has 1 aliphatic carbocycles. The quantitative estimate of drug-likeness (QED) is 0.450. The fraction of sp³-hybridized carbons (Fsp3) is 1.00. The Hall–Kier alpha value is -0.0400. The summed E-state index contributed by atoms with van der Waals surface area (Å²) >= 11 is 0. The fourth-order valence-electron chi connectivity index (χ4n) is 2.06. The molecule has 5 atom stereocenters. The van der Waals surface area contributed by atoms with E-state index in [0.717, 1.165) is 17.8 Å². The molecule has 1 nitrogen and oxygen atoms in total. The van der Waals surface area contributed by atoms with Gasteiger partial charge in [0.1, 0.15) is 0 Å². The standard InChI is InChI=1S/C8H14O/c1-4-5(2)7-8(9-7)6(4)3/h4-8H,1-3H3/t4?,5?,6?,7-,8?/m0/s1. The zero-order valence-corrected chi connectivity index (χ0v) is 6.29. The van der Waals surface area contributed by atoms with Gasteiger partial charge in [0, 0.05) is 0 Å². The summed E-state index contributed by atoms with van der Waals surface area (Å²) in [4.78, 5) is 0. The first-order valence-corrected chi connectivity index (χ1v) is 3.87. The topological polar surface area (TPSA) is 12.5 Å². The van der Waals surface area contributed by atoms with Crippen molar-refractivity contribution in [2.75, 3.05) is 0 Å². The lowest BCUT2D eigenvalue weighted by atomic mass is 9.93. The third-order valence-corrected chi connectivity index (χ3v) is 3.26. The zero-order valence-electron chi connectivity index (χ0n) is 6.29. The Balaban J connectivity index is 2.14. The molecule has 0 aromatic carbocycles. The van der Waals surface area contributed by atoms with Crippen LogP contribution in [0.1, 0.15) is 20.8 Å². The van der Waals surface area contributed by atoms with Gasteiger partial charge in [0.2, 0.25) is 0 Å². The molecule has 1 saturated heterocycles. The van der Waals surface area contributed by atoms with Crippen molar-refractivity contribution < 1.29 is 4.74 Å². The molecular weight excluding hydrogens is 112 g/mol. The maximum absolute atomic E-state index is 5.45. The number of hydrogen-bond donors (Lipinski definition) is 0. The molecule has 52 valence electrons. The van der Waals surface area contributed by atoms with Gasteiger partial charge in [-0.3, -0.25) is 0 Å². The van der Waals surface area contributed by atoms with Crippen molar-refractivity contribution in [2.24, 2.45) is 17.8 Å². The van der Waals surface area contributed by atoms with Gasteiger partial charge in [0.05, 0.1) is 12.2 Å². The lowest BCUT2D eigenvalue weighted by molar-refractivity contribution is 0.175. The molecule has 2 rings (SSSR count). The zero-order chi connectivity index (χ0) is 6.59. The van der Waals surface area contributed by atoms with E-state index >= 15 is 0 Å². The summed E-state index contributed by atoms with van der Waals surface area (Å²) in [6, 6.07) is 0. The van der Waals surface area contributed by atoms with Crippen molar-refractivity contribution in [3.05, 3.63) is 0 Å². The summed E-state index contributed by atoms with van der Waals surface area (Å²) in [6.45, 7) is 6.95. The SMILES string of the molecule is CC1C(C)C2O[C@H]2C1C. The van der Waals surface area contributed by atoms with Gasteiger partial charge >= 0.3 is 0 Å². The summed E-state index contributed by atoms with van der Waals surface area (Å²) in [6.07, 6.45) is 1.27. The average Bonchev–Trinajstić information content (AvgIpc) is 2.56. The van der Waals surface area contributed by atoms with E-state index in [-0.39, 0.29) is 0 Å². The van der Waals surface area contributed by atoms with Crippen LogP contribution in [0, 0.1) is 17.8 Å². The molecule has 0 amide bonds. The highest BCUT2D eigenvalue weighted by atomic mass is 16.6. The smallest absolute Gasteiger partial charge is 0.0872 e. The van der Waals surface area contributed by atoms with Crippen molar-refractivity contribution in [3.8, 4) is 0 Å². The first-order valence-electron chi connectivity index (χ1n) is 3.87. The molecule has 4 unspecified atom stereocenters. The first kappa shape index (κ1) is 5.72. The lowest BCUT2D eigenvalue weighted by Crippen LogP contribution is -2.13. The maximum Gasteiger partial charge on any atom is 0.0872 e. The van der Waals surface area contributed by atoms with Crippen LogP contribution in [0.25, 0.3) is 0 Å². The Kier molecular flexibility index (Phi) is 0.963. The molecule has 2 fully saturated rings. The van der Waals surface area contributed by atoms with E-state index in [1.165, 1.54) is 0 Å². The van der Waals surface area contributed by atoms with Crippen LogP contribution in [0.5, 0.6) is 0 Å². The van der Waals surface area contributed by atoms with Gasteiger partial charge in [-0.2, -0.15) is 0 Å². The van der Waals surface area contributed by atoms with Crippen LogP contribution in [0.3, 0.4) is 0 Å². The van der Waals surface area contributed by atoms with E-state index in [1.807, 2.05) is 0 Å². The minimum atomic E-state index is 0.634. The number of rotatable bonds is 0. The average molecular weight is 126 g/mol. The minimum Gasteiger partial charge on any atom is -0.369 e. The fourth-order valence-corrected chi connectivity index (χ4v) is 2.06. The van der Waals surface area contributed by atoms with Gasteiger partial charge in [-0.15, -0.1) is 0 Å². The van der Waals surface area contributed by atoms with Crippen molar-refractivity contribution in [3.63, 3.8) is 0 Å². The second kappa shape index (κ2) is 1.51. The predicted molar refractivity (Wildman–Crippen MR) is 36.2 cm³/mol. The van der Waals surface area contributed by atoms with Gasteiger partial charge in [-0.25, -0.2) is 0 Å². The molecule has 1 aliphatic heterocycles. The molecule has 2 aliphatic rings. The number of hydrogen-bond acceptors (Lipinski definition) is 1. The molecule has 1 heteroatoms. The molecular formula is C8H14O. The number of ether oxygens (including phenoxy) is 1. The lowest BCUT2D eigenvalue weighted by Gasteiger charge is -2.16. The molecule has 1 heterocycles. The highest BCUT2D eigenvalue weighted by molar-refractivity contribution is 5.03. The van der Waals surface area contributed by atoms with Gasteiger partial charge in [0.25, 0.3) is 0 Å². The molecule has 0 bridgehead atoms. The van der Waals surface area contributed by atoms with Crippen molar-refractivity contribution in [2.45, 2.75) is 33.0 Å². The second-order valence-corrected chi connectivity index (χ2v) is 3.64. The summed E-state index contributed by atoms with van der Waals surface area (Å²) in [5.74, 6) is 2.50. The molecule has 0 radical (unpaired) electrons. The van der Waals surface area contributed by atoms with E-state index in [2.05, 4.69) is 20.8 Å². The van der Waals surface area contributed by atoms with E-state index in [1.54, 1.807) is 0 Å². The van der Waals surface area contributed by atoms with Crippen LogP contribution in [-0.2, 0) is 4.74 Å². The van der Waals surface area contributed by atoms with Crippen LogP contribution in [0.2, 0.25) is 0 Å². The normalized spacial score (nSPS) is 63.7. The molecule has 9 heavy (non-hydrogen) atoms. The maximum atomic E-state index is 5.45. The highest BCUT2D eigenvalue weighted by Gasteiger charge is 2.56. The predicted octanol–water partition coefficient (Wildman–Crippen LogP) is 1.68. The molecule has 0 N–H and O–H groups in total. The highest BCUT2D eigenvalue weighted by Crippen LogP contribution is 2.49. The molecule has 1 saturated carbocycles. The third-order valence-electron chi connectivity index (χ3n) is 3.26. The van der Waals surface area contributed by atoms with E-state index in [4.69, 9.17) is 4.74 Å². The summed E-state index contributed by atoms with van der Waals surface area (Å²) < 4.78 is 5.45. The van der Waals surface area contributed by atoms with Crippen LogP contribution in [0.4, 0.5) is 0 Å². The summed E-state index contributed by atoms with van der Waals surface area (Å²) in [5, 5.41) is 0. The van der Waals surface area contributed by atoms with Gasteiger partial charge in [-0.05, 0) is 17.8 Å². The molecule has 0 aromatic heterocycles. The van der Waals surface area contributed by atoms with Gasteiger partial charge < -0.3 is 4.74 Å². The third kappa shape index (κ3) is 0.586. The first-order chi connectivity index (χ1) is 4.22. The van der Waals surface area contributed by atoms with Crippen LogP contribution < -0.4 is 0 Å². The van der Waals surface area contributed by atoms with E-state index in [9.17, 15) is 0 Å². The van der Waals surface area contributed by atoms with E-state index in [0.29, 0.717) is 12.2 Å². The number of fused-ring (bicyclic) bond motifs is 1. The summed E-state index contributed by atoms with van der Waals surface area (Å²) in [5.41, 5.74) is 0. The van der Waals surface area contributed by atoms with Crippen LogP contribution >= 0.6 is 0 Å². The Labute approximate surface area is 56.4 Å². The summed E-state index contributed by atoms with van der Waals surface area (Å²) in [7, 11) is 0. The van der Waals surface area contributed by atoms with Crippen molar-refractivity contribution in [1.82, 2.24) is 0 Å². The van der Waals surface area contributed by atoms with Gasteiger partial charge in [0.15, 0.2) is 0 Å². The second-order valence-electron chi connectivity index (χ2n) is 3.64. The largest absolute Gasteiger partial charge is 0.369 e. The van der Waals surface area contributed by atoms with Crippen molar-refractivity contribution in [1.29, 1.82) is 0 Å². The van der Waals surface area contributed by atoms with E-state index < -0.39 is 0 Å². The van der Waals surface area contributed by atoms with Crippen LogP contribution in [0.15, 0.2) is 0 Å². The Morgan fingerprint density at radius 2 is 1.22 bits per heavy atom. The Bertz CT molecular complexity index is 115. The van der Waals surface area contributed by atoms with Gasteiger partial charge in [-0.1, -0.05) is 20.8 Å².